The van der Waals surface area contributed by atoms with Crippen molar-refractivity contribution < 1.29 is 13.9 Å². The predicted molar refractivity (Wildman–Crippen MR) is 40.5 cm³/mol. The average molecular weight is 167 g/mol. The first-order valence-corrected chi connectivity index (χ1v) is 3.48. The number of para-hydroxylation sites is 1. The zero-order valence-electron chi connectivity index (χ0n) is 6.13. The van der Waals surface area contributed by atoms with Gasteiger partial charge in [-0.1, -0.05) is 6.07 Å². The van der Waals surface area contributed by atoms with Gasteiger partial charge in [0.2, 0.25) is 0 Å². The molecule has 0 unspecified atom stereocenters. The minimum atomic E-state index is -0.451. The molecule has 0 saturated heterocycles. The molecule has 1 aromatic carbocycles. The second-order valence-corrected chi connectivity index (χ2v) is 2.45. The first-order valence-electron chi connectivity index (χ1n) is 3.48. The number of rotatable bonds is 0. The maximum atomic E-state index is 12.9. The molecule has 0 spiro atoms. The van der Waals surface area contributed by atoms with E-state index in [9.17, 15) is 9.18 Å². The topological polar surface area (TPSA) is 38.3 Å². The molecule has 0 aromatic heterocycles. The Kier molecular flexibility index (Phi) is 1.46. The molecule has 12 heavy (non-hydrogen) atoms. The number of benzene rings is 1. The van der Waals surface area contributed by atoms with Crippen molar-refractivity contribution in [2.45, 2.75) is 0 Å². The molecule has 0 bridgehead atoms. The summed E-state index contributed by atoms with van der Waals surface area (Å²) >= 11 is 0. The molecule has 2 rings (SSSR count). The van der Waals surface area contributed by atoms with Crippen LogP contribution in [0.2, 0.25) is 0 Å². The molecule has 1 heterocycles. The van der Waals surface area contributed by atoms with E-state index < -0.39 is 5.82 Å². The highest BCUT2D eigenvalue weighted by molar-refractivity contribution is 5.95. The smallest absolute Gasteiger partial charge is 0.262 e. The molecule has 1 amide bonds. The maximum absolute atomic E-state index is 12.9. The Bertz CT molecular complexity index is 338. The van der Waals surface area contributed by atoms with Gasteiger partial charge in [-0.05, 0) is 12.1 Å². The van der Waals surface area contributed by atoms with Crippen LogP contribution in [0.4, 0.5) is 10.1 Å². The van der Waals surface area contributed by atoms with E-state index in [1.54, 1.807) is 6.07 Å². The van der Waals surface area contributed by atoms with Gasteiger partial charge in [0.1, 0.15) is 0 Å². The van der Waals surface area contributed by atoms with Crippen molar-refractivity contribution >= 4 is 11.6 Å². The molecule has 1 aliphatic heterocycles. The fraction of sp³-hybridized carbons (Fsp3) is 0.125. The molecule has 0 aliphatic carbocycles. The number of nitrogens with one attached hydrogen (secondary N) is 1. The molecule has 1 N–H and O–H groups in total. The minimum absolute atomic E-state index is 0.117. The fourth-order valence-electron chi connectivity index (χ4n) is 1.08. The Labute approximate surface area is 68.1 Å². The third kappa shape index (κ3) is 1.01. The molecule has 1 aliphatic rings. The van der Waals surface area contributed by atoms with Crippen LogP contribution in [0.1, 0.15) is 0 Å². The molecule has 0 fully saturated rings. The van der Waals surface area contributed by atoms with E-state index in [0.29, 0.717) is 5.69 Å². The number of ether oxygens (including phenoxy) is 1. The van der Waals surface area contributed by atoms with Crippen molar-refractivity contribution in [2.75, 3.05) is 11.9 Å². The summed E-state index contributed by atoms with van der Waals surface area (Å²) in [6, 6.07) is 4.40. The van der Waals surface area contributed by atoms with Gasteiger partial charge in [-0.25, -0.2) is 4.39 Å². The quantitative estimate of drug-likeness (QED) is 0.629. The maximum Gasteiger partial charge on any atom is 0.262 e. The van der Waals surface area contributed by atoms with Crippen LogP contribution in [-0.4, -0.2) is 12.5 Å². The summed E-state index contributed by atoms with van der Waals surface area (Å²) in [7, 11) is 0. The SMILES string of the molecule is O=C1COc2c(F)cccc2N1. The molecular formula is C8H6FNO2. The summed E-state index contributed by atoms with van der Waals surface area (Å²) < 4.78 is 17.8. The monoisotopic (exact) mass is 167 g/mol. The summed E-state index contributed by atoms with van der Waals surface area (Å²) in [5.74, 6) is -0.585. The zero-order chi connectivity index (χ0) is 8.55. The third-order valence-electron chi connectivity index (χ3n) is 1.59. The normalized spacial score (nSPS) is 14.6. The molecule has 62 valence electrons. The molecule has 1 aromatic rings. The van der Waals surface area contributed by atoms with Gasteiger partial charge in [-0.2, -0.15) is 0 Å². The highest BCUT2D eigenvalue weighted by atomic mass is 19.1. The van der Waals surface area contributed by atoms with Crippen molar-refractivity contribution in [3.05, 3.63) is 24.0 Å². The van der Waals surface area contributed by atoms with Gasteiger partial charge >= 0.3 is 0 Å². The Hall–Kier alpha value is -1.58. The number of hydrogen-bond donors (Lipinski definition) is 1. The summed E-state index contributed by atoms with van der Waals surface area (Å²) in [6.07, 6.45) is 0. The van der Waals surface area contributed by atoms with Crippen LogP contribution in [0, 0.1) is 5.82 Å². The van der Waals surface area contributed by atoms with Crippen LogP contribution in [0.5, 0.6) is 5.75 Å². The Morgan fingerprint density at radius 3 is 3.17 bits per heavy atom. The number of carbonyl (C=O) groups is 1. The minimum Gasteiger partial charge on any atom is -0.478 e. The number of halogens is 1. The van der Waals surface area contributed by atoms with E-state index in [2.05, 4.69) is 5.32 Å². The van der Waals surface area contributed by atoms with Crippen molar-refractivity contribution in [3.63, 3.8) is 0 Å². The first-order chi connectivity index (χ1) is 5.77. The van der Waals surface area contributed by atoms with Crippen LogP contribution in [0.3, 0.4) is 0 Å². The zero-order valence-corrected chi connectivity index (χ0v) is 6.13. The largest absolute Gasteiger partial charge is 0.478 e. The van der Waals surface area contributed by atoms with Gasteiger partial charge in [-0.3, -0.25) is 4.79 Å². The number of carbonyl (C=O) groups excluding carboxylic acids is 1. The Morgan fingerprint density at radius 2 is 2.33 bits per heavy atom. The van der Waals surface area contributed by atoms with Crippen LogP contribution in [0.25, 0.3) is 0 Å². The van der Waals surface area contributed by atoms with Gasteiger partial charge in [0.05, 0.1) is 5.69 Å². The Balaban J connectivity index is 2.48. The summed E-state index contributed by atoms with van der Waals surface area (Å²) in [5.41, 5.74) is 0.395. The number of amides is 1. The lowest BCUT2D eigenvalue weighted by molar-refractivity contribution is -0.118. The highest BCUT2D eigenvalue weighted by Gasteiger charge is 2.18. The lowest BCUT2D eigenvalue weighted by Gasteiger charge is -2.17. The predicted octanol–water partition coefficient (Wildman–Crippen LogP) is 1.16. The summed E-state index contributed by atoms with van der Waals surface area (Å²) in [5, 5.41) is 2.50. The van der Waals surface area contributed by atoms with Gasteiger partial charge < -0.3 is 10.1 Å². The number of anilines is 1. The van der Waals surface area contributed by atoms with Gasteiger partial charge in [0, 0.05) is 0 Å². The van der Waals surface area contributed by atoms with Gasteiger partial charge in [0.25, 0.3) is 5.91 Å². The molecule has 0 saturated carbocycles. The summed E-state index contributed by atoms with van der Waals surface area (Å²) in [6.45, 7) is -0.117. The van der Waals surface area contributed by atoms with Crippen molar-refractivity contribution in [1.29, 1.82) is 0 Å². The van der Waals surface area contributed by atoms with E-state index >= 15 is 0 Å². The standard InChI is InChI=1S/C8H6FNO2/c9-5-2-1-3-6-8(5)12-4-7(11)10-6/h1-3H,4H2,(H,10,11). The van der Waals surface area contributed by atoms with Crippen molar-refractivity contribution in [3.8, 4) is 5.75 Å². The second kappa shape index (κ2) is 2.48. The molecule has 4 heteroatoms. The molecule has 0 radical (unpaired) electrons. The first kappa shape index (κ1) is 7.09. The van der Waals surface area contributed by atoms with E-state index in [4.69, 9.17) is 4.74 Å². The van der Waals surface area contributed by atoms with Gasteiger partial charge in [0.15, 0.2) is 18.2 Å². The van der Waals surface area contributed by atoms with Crippen LogP contribution < -0.4 is 10.1 Å². The van der Waals surface area contributed by atoms with E-state index in [1.807, 2.05) is 0 Å². The number of hydrogen-bond acceptors (Lipinski definition) is 2. The average Bonchev–Trinajstić information content (AvgIpc) is 2.04. The molecule has 3 nitrogen and oxygen atoms in total. The van der Waals surface area contributed by atoms with E-state index in [1.165, 1.54) is 12.1 Å². The van der Waals surface area contributed by atoms with Crippen LogP contribution >= 0.6 is 0 Å². The number of fused-ring (bicyclic) bond motifs is 1. The highest BCUT2D eigenvalue weighted by Crippen LogP contribution is 2.29. The van der Waals surface area contributed by atoms with Gasteiger partial charge in [-0.15, -0.1) is 0 Å². The molecular weight excluding hydrogens is 161 g/mol. The van der Waals surface area contributed by atoms with E-state index in [-0.39, 0.29) is 18.3 Å². The molecule has 0 atom stereocenters. The summed E-state index contributed by atoms with van der Waals surface area (Å²) in [4.78, 5) is 10.8. The fourth-order valence-corrected chi connectivity index (χ4v) is 1.08. The lowest BCUT2D eigenvalue weighted by Crippen LogP contribution is -2.25. The van der Waals surface area contributed by atoms with E-state index in [0.717, 1.165) is 0 Å². The lowest BCUT2D eigenvalue weighted by atomic mass is 10.2. The van der Waals surface area contributed by atoms with Crippen molar-refractivity contribution in [1.82, 2.24) is 0 Å². The third-order valence-corrected chi connectivity index (χ3v) is 1.59. The van der Waals surface area contributed by atoms with Crippen molar-refractivity contribution in [2.24, 2.45) is 0 Å². The van der Waals surface area contributed by atoms with Crippen LogP contribution in [0.15, 0.2) is 18.2 Å². The Morgan fingerprint density at radius 1 is 1.50 bits per heavy atom. The second-order valence-electron chi connectivity index (χ2n) is 2.45. The van der Waals surface area contributed by atoms with Crippen LogP contribution in [-0.2, 0) is 4.79 Å².